The number of para-hydroxylation sites is 1. The monoisotopic (exact) mass is 512 g/mol. The quantitative estimate of drug-likeness (QED) is 0.276. The molecule has 3 aromatic heterocycles. The van der Waals surface area contributed by atoms with Crippen molar-refractivity contribution in [1.82, 2.24) is 30.4 Å². The minimum atomic E-state index is 0.0217. The second kappa shape index (κ2) is 9.83. The minimum Gasteiger partial charge on any atom is -0.334 e. The van der Waals surface area contributed by atoms with Gasteiger partial charge >= 0.3 is 6.03 Å². The lowest BCUT2D eigenvalue weighted by Gasteiger charge is -2.26. The first-order chi connectivity index (χ1) is 19.2. The molecule has 7 rings (SSSR count). The Balaban J connectivity index is 1.20. The Morgan fingerprint density at radius 2 is 1.62 bits per heavy atom. The van der Waals surface area contributed by atoms with E-state index >= 15 is 0 Å². The Kier molecular flexibility index (Phi) is 5.89. The number of carbonyl (C=O) groups excluding carboxylic acids is 1. The van der Waals surface area contributed by atoms with Crippen molar-refractivity contribution in [2.45, 2.75) is 25.8 Å². The maximum atomic E-state index is 12.5. The van der Waals surface area contributed by atoms with Gasteiger partial charge in [-0.05, 0) is 54.7 Å². The van der Waals surface area contributed by atoms with E-state index < -0.39 is 0 Å². The zero-order chi connectivity index (χ0) is 26.2. The van der Waals surface area contributed by atoms with Gasteiger partial charge in [-0.2, -0.15) is 5.10 Å². The van der Waals surface area contributed by atoms with E-state index in [1.54, 1.807) is 0 Å². The van der Waals surface area contributed by atoms with Crippen LogP contribution in [0.1, 0.15) is 24.8 Å². The average molecular weight is 513 g/mol. The molecule has 1 aliphatic rings. The van der Waals surface area contributed by atoms with Crippen molar-refractivity contribution >= 4 is 38.7 Å². The predicted octanol–water partition coefficient (Wildman–Crippen LogP) is 6.69. The molecule has 1 aliphatic heterocycles. The van der Waals surface area contributed by atoms with Gasteiger partial charge in [0.05, 0.1) is 22.7 Å². The molecule has 2 N–H and O–H groups in total. The number of H-pyrrole nitrogens is 1. The second-order valence-electron chi connectivity index (χ2n) is 10.2. The standard InChI is InChI=1S/C32H28N6O/c39-32(38-14-4-1-5-15-38)35-18-21-8-10-22(11-9-21)31-30-26-17-23(12-13-28(26)34-20-29(30)36-37-31)25-16-24-6-2-3-7-27(24)33-19-25/h2-3,6-13,16-17,19-20H,1,4-5,14-15,18H2,(H,35,39)(H,36,37). The highest BCUT2D eigenvalue weighted by atomic mass is 16.2. The summed E-state index contributed by atoms with van der Waals surface area (Å²) in [6.07, 6.45) is 7.15. The van der Waals surface area contributed by atoms with Crippen molar-refractivity contribution in [2.75, 3.05) is 13.1 Å². The molecule has 6 aromatic rings. The summed E-state index contributed by atoms with van der Waals surface area (Å²) in [5.74, 6) is 0. The summed E-state index contributed by atoms with van der Waals surface area (Å²) < 4.78 is 0. The molecule has 0 saturated carbocycles. The topological polar surface area (TPSA) is 86.8 Å². The molecule has 2 amide bonds. The Bertz CT molecular complexity index is 1820. The number of fused-ring (bicyclic) bond motifs is 4. The Morgan fingerprint density at radius 1 is 0.821 bits per heavy atom. The summed E-state index contributed by atoms with van der Waals surface area (Å²) in [6, 6.07) is 24.9. The van der Waals surface area contributed by atoms with Gasteiger partial charge in [-0.1, -0.05) is 48.5 Å². The van der Waals surface area contributed by atoms with Gasteiger partial charge in [0, 0.05) is 53.1 Å². The number of benzene rings is 3. The lowest BCUT2D eigenvalue weighted by atomic mass is 9.99. The van der Waals surface area contributed by atoms with Crippen molar-refractivity contribution in [3.8, 4) is 22.4 Å². The fourth-order valence-corrected chi connectivity index (χ4v) is 5.49. The van der Waals surface area contributed by atoms with Crippen molar-refractivity contribution in [2.24, 2.45) is 0 Å². The molecule has 7 heteroatoms. The molecule has 4 heterocycles. The maximum absolute atomic E-state index is 12.5. The van der Waals surface area contributed by atoms with Crippen LogP contribution in [0.3, 0.4) is 0 Å². The first-order valence-electron chi connectivity index (χ1n) is 13.5. The van der Waals surface area contributed by atoms with Crippen LogP contribution in [0.15, 0.2) is 85.2 Å². The molecule has 39 heavy (non-hydrogen) atoms. The van der Waals surface area contributed by atoms with Crippen LogP contribution in [0.5, 0.6) is 0 Å². The largest absolute Gasteiger partial charge is 0.334 e. The maximum Gasteiger partial charge on any atom is 0.317 e. The van der Waals surface area contributed by atoms with Crippen LogP contribution in [0.25, 0.3) is 55.1 Å². The highest BCUT2D eigenvalue weighted by molar-refractivity contribution is 6.11. The van der Waals surface area contributed by atoms with Crippen LogP contribution in [-0.4, -0.2) is 44.2 Å². The Hall–Kier alpha value is -4.78. The van der Waals surface area contributed by atoms with Crippen LogP contribution >= 0.6 is 0 Å². The van der Waals surface area contributed by atoms with E-state index in [0.29, 0.717) is 6.54 Å². The number of likely N-dealkylation sites (tertiary alicyclic amines) is 1. The number of carbonyl (C=O) groups is 1. The summed E-state index contributed by atoms with van der Waals surface area (Å²) in [4.78, 5) is 23.7. The molecular formula is C32H28N6O. The predicted molar refractivity (Wildman–Crippen MR) is 155 cm³/mol. The number of hydrogen-bond acceptors (Lipinski definition) is 4. The normalized spacial score (nSPS) is 13.8. The molecule has 7 nitrogen and oxygen atoms in total. The Labute approximate surface area is 225 Å². The van der Waals surface area contributed by atoms with Crippen LogP contribution < -0.4 is 5.32 Å². The molecule has 1 fully saturated rings. The zero-order valence-electron chi connectivity index (χ0n) is 21.5. The van der Waals surface area contributed by atoms with Crippen LogP contribution in [-0.2, 0) is 6.54 Å². The van der Waals surface area contributed by atoms with Gasteiger partial charge in [-0.3, -0.25) is 15.1 Å². The van der Waals surface area contributed by atoms with Crippen molar-refractivity contribution < 1.29 is 4.79 Å². The van der Waals surface area contributed by atoms with Gasteiger partial charge in [0.2, 0.25) is 0 Å². The van der Waals surface area contributed by atoms with E-state index in [1.165, 1.54) is 6.42 Å². The average Bonchev–Trinajstić information content (AvgIpc) is 3.45. The van der Waals surface area contributed by atoms with E-state index in [2.05, 4.69) is 80.1 Å². The third-order valence-electron chi connectivity index (χ3n) is 7.63. The van der Waals surface area contributed by atoms with E-state index in [-0.39, 0.29) is 6.03 Å². The number of aromatic amines is 1. The van der Waals surface area contributed by atoms with Gasteiger partial charge in [-0.15, -0.1) is 0 Å². The van der Waals surface area contributed by atoms with Crippen LogP contribution in [0, 0.1) is 0 Å². The number of aromatic nitrogens is 4. The van der Waals surface area contributed by atoms with Gasteiger partial charge < -0.3 is 10.2 Å². The highest BCUT2D eigenvalue weighted by Crippen LogP contribution is 2.34. The highest BCUT2D eigenvalue weighted by Gasteiger charge is 2.17. The number of pyridine rings is 2. The van der Waals surface area contributed by atoms with Gasteiger partial charge in [0.25, 0.3) is 0 Å². The molecule has 192 valence electrons. The van der Waals surface area contributed by atoms with Gasteiger partial charge in [-0.25, -0.2) is 4.79 Å². The minimum absolute atomic E-state index is 0.0217. The molecule has 0 atom stereocenters. The molecule has 3 aromatic carbocycles. The molecule has 0 spiro atoms. The SMILES string of the molecule is O=C(NCc1ccc(-c2n[nH]c3cnc4ccc(-c5cnc6ccccc6c5)cc4c23)cc1)N1CCCCC1. The second-order valence-corrected chi connectivity index (χ2v) is 10.2. The fraction of sp³-hybridized carbons (Fsp3) is 0.188. The number of piperidine rings is 1. The van der Waals surface area contributed by atoms with E-state index in [0.717, 1.165) is 86.6 Å². The lowest BCUT2D eigenvalue weighted by Crippen LogP contribution is -2.42. The lowest BCUT2D eigenvalue weighted by molar-refractivity contribution is 0.186. The third kappa shape index (κ3) is 4.46. The number of amides is 2. The number of hydrogen-bond donors (Lipinski definition) is 2. The van der Waals surface area contributed by atoms with Crippen molar-refractivity contribution in [3.05, 3.63) is 90.8 Å². The molecule has 0 radical (unpaired) electrons. The number of urea groups is 1. The summed E-state index contributed by atoms with van der Waals surface area (Å²) in [5.41, 5.74) is 7.89. The molecule has 0 unspecified atom stereocenters. The first-order valence-corrected chi connectivity index (χ1v) is 13.5. The summed E-state index contributed by atoms with van der Waals surface area (Å²) >= 11 is 0. The molecule has 0 aliphatic carbocycles. The van der Waals surface area contributed by atoms with Gasteiger partial charge in [0.15, 0.2) is 0 Å². The smallest absolute Gasteiger partial charge is 0.317 e. The number of nitrogens with zero attached hydrogens (tertiary/aromatic N) is 4. The van der Waals surface area contributed by atoms with Crippen LogP contribution in [0.2, 0.25) is 0 Å². The van der Waals surface area contributed by atoms with Crippen molar-refractivity contribution in [1.29, 1.82) is 0 Å². The summed E-state index contributed by atoms with van der Waals surface area (Å²) in [6.45, 7) is 2.20. The number of nitrogens with one attached hydrogen (secondary N) is 2. The first kappa shape index (κ1) is 23.3. The number of rotatable bonds is 4. The van der Waals surface area contributed by atoms with Crippen molar-refractivity contribution in [3.63, 3.8) is 0 Å². The molecule has 0 bridgehead atoms. The fourth-order valence-electron chi connectivity index (χ4n) is 5.49. The third-order valence-corrected chi connectivity index (χ3v) is 7.63. The molecule has 1 saturated heterocycles. The Morgan fingerprint density at radius 3 is 2.49 bits per heavy atom. The summed E-state index contributed by atoms with van der Waals surface area (Å²) in [5, 5.41) is 14.1. The zero-order valence-corrected chi connectivity index (χ0v) is 21.5. The van der Waals surface area contributed by atoms with Crippen LogP contribution in [0.4, 0.5) is 4.79 Å². The van der Waals surface area contributed by atoms with E-state index in [1.807, 2.05) is 35.5 Å². The van der Waals surface area contributed by atoms with E-state index in [4.69, 9.17) is 0 Å². The van der Waals surface area contributed by atoms with E-state index in [9.17, 15) is 4.79 Å². The summed E-state index contributed by atoms with van der Waals surface area (Å²) in [7, 11) is 0. The molecular weight excluding hydrogens is 484 g/mol. The van der Waals surface area contributed by atoms with Gasteiger partial charge in [0.1, 0.15) is 5.69 Å².